The number of aliphatic carboxylic acids is 1. The molecule has 2 saturated carbocycles. The Balaban J connectivity index is 0.000000199. The highest BCUT2D eigenvalue weighted by molar-refractivity contribution is 7.85. The third-order valence-corrected chi connectivity index (χ3v) is 7.04. The second-order valence-corrected chi connectivity index (χ2v) is 9.48. The molecule has 0 amide bonds. The average molecular weight is 397 g/mol. The predicted molar refractivity (Wildman–Crippen MR) is 101 cm³/mol. The SMILES string of the molecule is CC1(C)C2CCC1(CS(=O)(=O)O)C(=O)C2.NC(Cc1ccccc1)C(=O)O. The third kappa shape index (κ3) is 4.56. The molecule has 3 unspecified atom stereocenters. The van der Waals surface area contributed by atoms with Crippen LogP contribution in [0.15, 0.2) is 30.3 Å². The average Bonchev–Trinajstić information content (AvgIpc) is 2.89. The highest BCUT2D eigenvalue weighted by Gasteiger charge is 2.65. The molecule has 3 rings (SSSR count). The van der Waals surface area contributed by atoms with E-state index >= 15 is 0 Å². The Labute approximate surface area is 159 Å². The van der Waals surface area contributed by atoms with Crippen molar-refractivity contribution in [2.24, 2.45) is 22.5 Å². The minimum atomic E-state index is -4.08. The molecule has 0 aliphatic heterocycles. The number of fused-ring (bicyclic) bond motifs is 2. The second kappa shape index (κ2) is 7.69. The van der Waals surface area contributed by atoms with Gasteiger partial charge in [0.25, 0.3) is 10.1 Å². The number of carboxylic acid groups (broad SMARTS) is 1. The normalized spacial score (nSPS) is 27.0. The van der Waals surface area contributed by atoms with Crippen LogP contribution in [0.3, 0.4) is 0 Å². The van der Waals surface area contributed by atoms with Gasteiger partial charge in [0.05, 0.1) is 11.2 Å². The predicted octanol–water partition coefficient (Wildman–Crippen LogP) is 1.91. The van der Waals surface area contributed by atoms with E-state index in [1.807, 2.05) is 44.2 Å². The fourth-order valence-corrected chi connectivity index (χ4v) is 5.67. The van der Waals surface area contributed by atoms with E-state index in [9.17, 15) is 18.0 Å². The van der Waals surface area contributed by atoms with E-state index in [0.29, 0.717) is 19.3 Å². The topological polar surface area (TPSA) is 135 Å². The number of hydrogen-bond donors (Lipinski definition) is 3. The van der Waals surface area contributed by atoms with E-state index < -0.39 is 33.3 Å². The van der Waals surface area contributed by atoms with E-state index in [1.165, 1.54) is 0 Å². The number of hydrogen-bond acceptors (Lipinski definition) is 5. The van der Waals surface area contributed by atoms with Gasteiger partial charge in [-0.25, -0.2) is 0 Å². The van der Waals surface area contributed by atoms with Crippen LogP contribution in [0.25, 0.3) is 0 Å². The molecule has 8 heteroatoms. The van der Waals surface area contributed by atoms with Crippen molar-refractivity contribution in [2.45, 2.75) is 45.6 Å². The molecule has 0 radical (unpaired) electrons. The molecule has 0 aromatic heterocycles. The number of Topliss-reactive ketones (excluding diaryl/α,β-unsaturated/α-hetero) is 1. The molecule has 1 aromatic carbocycles. The molecule has 7 nitrogen and oxygen atoms in total. The van der Waals surface area contributed by atoms with Crippen LogP contribution >= 0.6 is 0 Å². The molecule has 150 valence electrons. The van der Waals surface area contributed by atoms with Crippen molar-refractivity contribution in [3.8, 4) is 0 Å². The lowest BCUT2D eigenvalue weighted by molar-refractivity contribution is -0.138. The van der Waals surface area contributed by atoms with E-state index in [4.69, 9.17) is 15.4 Å². The van der Waals surface area contributed by atoms with Crippen molar-refractivity contribution in [3.63, 3.8) is 0 Å². The lowest BCUT2D eigenvalue weighted by Gasteiger charge is -2.35. The molecular formula is C19H27NO6S. The maximum atomic E-state index is 11.9. The molecule has 2 fully saturated rings. The van der Waals surface area contributed by atoms with Crippen molar-refractivity contribution in [2.75, 3.05) is 5.75 Å². The van der Waals surface area contributed by atoms with Crippen molar-refractivity contribution < 1.29 is 27.7 Å². The van der Waals surface area contributed by atoms with E-state index in [1.54, 1.807) is 0 Å². The lowest BCUT2D eigenvalue weighted by Crippen LogP contribution is -2.42. The van der Waals surface area contributed by atoms with Gasteiger partial charge in [0.1, 0.15) is 11.8 Å². The monoisotopic (exact) mass is 397 g/mol. The number of rotatable bonds is 5. The summed E-state index contributed by atoms with van der Waals surface area (Å²) < 4.78 is 31.0. The molecule has 2 aliphatic carbocycles. The Hall–Kier alpha value is -1.77. The summed E-state index contributed by atoms with van der Waals surface area (Å²) in [7, 11) is -4.08. The zero-order valence-corrected chi connectivity index (χ0v) is 16.4. The van der Waals surface area contributed by atoms with Gasteiger partial charge in [-0.2, -0.15) is 8.42 Å². The second-order valence-electron chi connectivity index (χ2n) is 8.03. The molecule has 0 heterocycles. The van der Waals surface area contributed by atoms with E-state index in [-0.39, 0.29) is 17.1 Å². The summed E-state index contributed by atoms with van der Waals surface area (Å²) >= 11 is 0. The van der Waals surface area contributed by atoms with Gasteiger partial charge in [-0.3, -0.25) is 14.1 Å². The van der Waals surface area contributed by atoms with Gasteiger partial charge in [0, 0.05) is 6.42 Å². The summed E-state index contributed by atoms with van der Waals surface area (Å²) in [6, 6.07) is 8.54. The van der Waals surface area contributed by atoms with Crippen LogP contribution in [-0.2, 0) is 26.1 Å². The zero-order chi connectivity index (χ0) is 20.5. The molecule has 3 atom stereocenters. The Morgan fingerprint density at radius 1 is 1.30 bits per heavy atom. The molecule has 2 bridgehead atoms. The minimum Gasteiger partial charge on any atom is -0.480 e. The largest absolute Gasteiger partial charge is 0.480 e. The first-order chi connectivity index (χ1) is 12.4. The summed E-state index contributed by atoms with van der Waals surface area (Å²) in [5, 5.41) is 8.52. The number of carbonyl (C=O) groups excluding carboxylic acids is 1. The van der Waals surface area contributed by atoms with Crippen LogP contribution in [0, 0.1) is 16.7 Å². The van der Waals surface area contributed by atoms with Gasteiger partial charge in [0.15, 0.2) is 0 Å². The fraction of sp³-hybridized carbons (Fsp3) is 0.579. The van der Waals surface area contributed by atoms with Crippen molar-refractivity contribution in [1.29, 1.82) is 0 Å². The van der Waals surface area contributed by atoms with Crippen molar-refractivity contribution in [3.05, 3.63) is 35.9 Å². The number of benzene rings is 1. The molecule has 27 heavy (non-hydrogen) atoms. The minimum absolute atomic E-state index is 0.0152. The van der Waals surface area contributed by atoms with Crippen LogP contribution in [0.1, 0.15) is 38.7 Å². The van der Waals surface area contributed by atoms with Crippen LogP contribution in [0.5, 0.6) is 0 Å². The Kier molecular flexibility index (Phi) is 6.13. The third-order valence-electron chi connectivity index (χ3n) is 6.18. The summed E-state index contributed by atoms with van der Waals surface area (Å²) in [6.45, 7) is 3.89. The van der Waals surface area contributed by atoms with E-state index in [2.05, 4.69) is 0 Å². The molecular weight excluding hydrogens is 370 g/mol. The first-order valence-electron chi connectivity index (χ1n) is 8.90. The summed E-state index contributed by atoms with van der Waals surface area (Å²) in [5.74, 6) is -1.06. The number of carboxylic acids is 1. The maximum absolute atomic E-state index is 11.9. The highest BCUT2D eigenvalue weighted by atomic mass is 32.2. The quantitative estimate of drug-likeness (QED) is 0.646. The highest BCUT2D eigenvalue weighted by Crippen LogP contribution is 2.64. The molecule has 2 aliphatic rings. The lowest BCUT2D eigenvalue weighted by atomic mass is 9.70. The Morgan fingerprint density at radius 3 is 2.30 bits per heavy atom. The van der Waals surface area contributed by atoms with Crippen LogP contribution < -0.4 is 5.73 Å². The molecule has 0 saturated heterocycles. The van der Waals surface area contributed by atoms with Crippen LogP contribution in [0.2, 0.25) is 0 Å². The van der Waals surface area contributed by atoms with Gasteiger partial charge >= 0.3 is 5.97 Å². The first kappa shape index (κ1) is 21.5. The smallest absolute Gasteiger partial charge is 0.320 e. The van der Waals surface area contributed by atoms with Crippen molar-refractivity contribution in [1.82, 2.24) is 0 Å². The van der Waals surface area contributed by atoms with Crippen LogP contribution in [0.4, 0.5) is 0 Å². The number of carbonyl (C=O) groups is 2. The van der Waals surface area contributed by atoms with Gasteiger partial charge in [-0.15, -0.1) is 0 Å². The van der Waals surface area contributed by atoms with E-state index in [0.717, 1.165) is 12.0 Å². The van der Waals surface area contributed by atoms with Crippen molar-refractivity contribution >= 4 is 21.9 Å². The zero-order valence-electron chi connectivity index (χ0n) is 15.6. The fourth-order valence-electron chi connectivity index (χ4n) is 4.37. The summed E-state index contributed by atoms with van der Waals surface area (Å²) in [4.78, 5) is 22.3. The number of ketones is 1. The standard InChI is InChI=1S/C10H16O4S.C9H11NO2/c1-9(2)7-3-4-10(9,8(11)5-7)6-15(12,13)14;10-8(9(11)12)6-7-4-2-1-3-5-7/h7H,3-6H2,1-2H3,(H,12,13,14);1-5,8H,6,10H2,(H,11,12). The Morgan fingerprint density at radius 2 is 1.89 bits per heavy atom. The van der Waals surface area contributed by atoms with Gasteiger partial charge < -0.3 is 10.8 Å². The summed E-state index contributed by atoms with van der Waals surface area (Å²) in [5.41, 5.74) is 5.18. The molecule has 4 N–H and O–H groups in total. The summed E-state index contributed by atoms with van der Waals surface area (Å²) in [6.07, 6.45) is 2.36. The number of nitrogens with two attached hydrogens (primary N) is 1. The van der Waals surface area contributed by atoms with Gasteiger partial charge in [-0.05, 0) is 36.2 Å². The first-order valence-corrected chi connectivity index (χ1v) is 10.5. The van der Waals surface area contributed by atoms with Crippen LogP contribution in [-0.4, -0.2) is 41.6 Å². The molecule has 1 aromatic rings. The Bertz CT molecular complexity index is 805. The van der Waals surface area contributed by atoms with Gasteiger partial charge in [-0.1, -0.05) is 44.2 Å². The van der Waals surface area contributed by atoms with Gasteiger partial charge in [0.2, 0.25) is 0 Å². The maximum Gasteiger partial charge on any atom is 0.320 e. The molecule has 0 spiro atoms.